The Kier molecular flexibility index (Phi) is 5.96. The van der Waals surface area contributed by atoms with Gasteiger partial charge < -0.3 is 9.64 Å². The fourth-order valence-electron chi connectivity index (χ4n) is 2.87. The van der Waals surface area contributed by atoms with Crippen LogP contribution >= 0.6 is 0 Å². The van der Waals surface area contributed by atoms with E-state index in [9.17, 15) is 4.79 Å². The lowest BCUT2D eigenvalue weighted by Gasteiger charge is -2.39. The summed E-state index contributed by atoms with van der Waals surface area (Å²) < 4.78 is 5.17. The van der Waals surface area contributed by atoms with E-state index in [1.807, 2.05) is 24.9 Å². The van der Waals surface area contributed by atoms with Crippen molar-refractivity contribution in [3.63, 3.8) is 0 Å². The molecule has 0 aliphatic rings. The van der Waals surface area contributed by atoms with Crippen LogP contribution in [-0.2, 0) is 9.53 Å². The van der Waals surface area contributed by atoms with Gasteiger partial charge in [-0.05, 0) is 13.3 Å². The highest BCUT2D eigenvalue weighted by molar-refractivity contribution is 6.91. The van der Waals surface area contributed by atoms with Gasteiger partial charge in [0.25, 0.3) is 5.91 Å². The Bertz CT molecular complexity index is 433. The number of carbonyl (C=O) groups excluding carboxylic acids is 1. The molecule has 0 N–H and O–H groups in total. The molecule has 1 rings (SSSR count). The first-order valence-electron chi connectivity index (χ1n) is 7.21. The number of amides is 1. The van der Waals surface area contributed by atoms with Gasteiger partial charge in [0.15, 0.2) is 0 Å². The largest absolute Gasteiger partial charge is 0.372 e. The molecule has 2 atom stereocenters. The molecule has 0 heterocycles. The van der Waals surface area contributed by atoms with E-state index in [-0.39, 0.29) is 17.7 Å². The molecule has 4 heteroatoms. The topological polar surface area (TPSA) is 29.5 Å². The van der Waals surface area contributed by atoms with Crippen molar-refractivity contribution in [1.29, 1.82) is 0 Å². The van der Waals surface area contributed by atoms with Crippen molar-refractivity contribution >= 4 is 19.2 Å². The minimum Gasteiger partial charge on any atom is -0.372 e. The highest BCUT2D eigenvalue weighted by atomic mass is 28.3. The lowest BCUT2D eigenvalue weighted by Crippen LogP contribution is -2.61. The number of hydrogen-bond acceptors (Lipinski definition) is 2. The highest BCUT2D eigenvalue weighted by Gasteiger charge is 2.37. The molecular formula is C16H27NO2Si. The molecule has 0 radical (unpaired) electrons. The number of carbonyl (C=O) groups is 1. The molecule has 0 aliphatic heterocycles. The van der Waals surface area contributed by atoms with Crippen LogP contribution in [0.2, 0.25) is 13.1 Å². The Morgan fingerprint density at radius 2 is 1.85 bits per heavy atom. The molecule has 0 saturated heterocycles. The maximum Gasteiger partial charge on any atom is 0.251 e. The highest BCUT2D eigenvalue weighted by Crippen LogP contribution is 2.18. The molecule has 1 amide bonds. The van der Waals surface area contributed by atoms with Gasteiger partial charge in [0.2, 0.25) is 0 Å². The smallest absolute Gasteiger partial charge is 0.251 e. The second kappa shape index (κ2) is 7.04. The molecule has 2 unspecified atom stereocenters. The summed E-state index contributed by atoms with van der Waals surface area (Å²) in [6.07, 6.45) is 0.585. The minimum absolute atomic E-state index is 0.0656. The zero-order valence-corrected chi connectivity index (χ0v) is 14.5. The predicted octanol–water partition coefficient (Wildman–Crippen LogP) is 2.41. The van der Waals surface area contributed by atoms with Crippen molar-refractivity contribution in [2.45, 2.75) is 45.1 Å². The first kappa shape index (κ1) is 16.9. The number of benzene rings is 1. The molecule has 0 aliphatic carbocycles. The van der Waals surface area contributed by atoms with Crippen molar-refractivity contribution in [3.05, 3.63) is 30.3 Å². The SMILES string of the molecule is CCC(N(C)C(=O)C(C)OC)[Si](C)(C)c1ccccc1. The molecule has 20 heavy (non-hydrogen) atoms. The van der Waals surface area contributed by atoms with E-state index >= 15 is 0 Å². The number of nitrogens with zero attached hydrogens (tertiary/aromatic N) is 1. The molecule has 3 nitrogen and oxygen atoms in total. The molecule has 0 aromatic heterocycles. The summed E-state index contributed by atoms with van der Waals surface area (Å²) in [4.78, 5) is 14.3. The summed E-state index contributed by atoms with van der Waals surface area (Å²) >= 11 is 0. The molecule has 112 valence electrons. The third-order valence-corrected chi connectivity index (χ3v) is 8.54. The van der Waals surface area contributed by atoms with Crippen LogP contribution in [0.1, 0.15) is 20.3 Å². The molecule has 1 aromatic carbocycles. The van der Waals surface area contributed by atoms with Crippen LogP contribution in [0.4, 0.5) is 0 Å². The number of ether oxygens (including phenoxy) is 1. The second-order valence-corrected chi connectivity index (χ2v) is 10.5. The van der Waals surface area contributed by atoms with Gasteiger partial charge in [0, 0.05) is 19.8 Å². The molecular weight excluding hydrogens is 266 g/mol. The summed E-state index contributed by atoms with van der Waals surface area (Å²) in [6, 6.07) is 10.6. The first-order valence-corrected chi connectivity index (χ1v) is 10.3. The van der Waals surface area contributed by atoms with Gasteiger partial charge in [0.05, 0.1) is 0 Å². The third kappa shape index (κ3) is 3.49. The van der Waals surface area contributed by atoms with E-state index in [1.165, 1.54) is 5.19 Å². The molecule has 0 saturated carbocycles. The monoisotopic (exact) mass is 293 g/mol. The average Bonchev–Trinajstić information content (AvgIpc) is 2.46. The molecule has 1 aromatic rings. The third-order valence-electron chi connectivity index (χ3n) is 4.25. The Balaban J connectivity index is 3.03. The Hall–Kier alpha value is -1.13. The van der Waals surface area contributed by atoms with Gasteiger partial charge in [-0.25, -0.2) is 0 Å². The van der Waals surface area contributed by atoms with E-state index in [4.69, 9.17) is 4.74 Å². The van der Waals surface area contributed by atoms with E-state index in [0.29, 0.717) is 0 Å². The summed E-state index contributed by atoms with van der Waals surface area (Å²) in [5.41, 5.74) is 0.273. The summed E-state index contributed by atoms with van der Waals surface area (Å²) in [6.45, 7) is 8.63. The van der Waals surface area contributed by atoms with Crippen LogP contribution in [-0.4, -0.2) is 44.8 Å². The van der Waals surface area contributed by atoms with Gasteiger partial charge in [-0.2, -0.15) is 0 Å². The van der Waals surface area contributed by atoms with E-state index in [1.54, 1.807) is 7.11 Å². The van der Waals surface area contributed by atoms with E-state index < -0.39 is 8.07 Å². The van der Waals surface area contributed by atoms with Crippen LogP contribution in [0, 0.1) is 0 Å². The van der Waals surface area contributed by atoms with Crippen LogP contribution in [0.3, 0.4) is 0 Å². The van der Waals surface area contributed by atoms with Gasteiger partial charge in [0.1, 0.15) is 14.2 Å². The second-order valence-electron chi connectivity index (χ2n) is 5.84. The van der Waals surface area contributed by atoms with Crippen molar-refractivity contribution < 1.29 is 9.53 Å². The van der Waals surface area contributed by atoms with E-state index in [2.05, 4.69) is 44.3 Å². The Morgan fingerprint density at radius 3 is 2.30 bits per heavy atom. The summed E-state index contributed by atoms with van der Waals surface area (Å²) in [7, 11) is 1.74. The van der Waals surface area contributed by atoms with Gasteiger partial charge >= 0.3 is 0 Å². The summed E-state index contributed by atoms with van der Waals surface area (Å²) in [5, 5.41) is 1.39. The normalized spacial score (nSPS) is 14.7. The molecule has 0 bridgehead atoms. The van der Waals surface area contributed by atoms with E-state index in [0.717, 1.165) is 6.42 Å². The van der Waals surface area contributed by atoms with Gasteiger partial charge in [-0.3, -0.25) is 4.79 Å². The Labute approximate surface area is 123 Å². The lowest BCUT2D eigenvalue weighted by atomic mass is 10.3. The van der Waals surface area contributed by atoms with Gasteiger partial charge in [-0.15, -0.1) is 0 Å². The zero-order valence-electron chi connectivity index (χ0n) is 13.5. The predicted molar refractivity (Wildman–Crippen MR) is 86.9 cm³/mol. The minimum atomic E-state index is -1.74. The van der Waals surface area contributed by atoms with Crippen LogP contribution in [0.15, 0.2) is 30.3 Å². The number of hydrogen-bond donors (Lipinski definition) is 0. The van der Waals surface area contributed by atoms with Gasteiger partial charge in [-0.1, -0.05) is 55.5 Å². The van der Waals surface area contributed by atoms with Crippen LogP contribution < -0.4 is 5.19 Å². The maximum atomic E-state index is 12.4. The standard InChI is InChI=1S/C16H27NO2Si/c1-7-15(17(3)16(18)13(2)19-4)20(5,6)14-11-9-8-10-12-14/h8-13,15H,7H2,1-6H3. The first-order chi connectivity index (χ1) is 9.36. The van der Waals surface area contributed by atoms with Crippen molar-refractivity contribution in [2.24, 2.45) is 0 Å². The van der Waals surface area contributed by atoms with Crippen molar-refractivity contribution in [3.8, 4) is 0 Å². The Morgan fingerprint density at radius 1 is 1.30 bits per heavy atom. The number of methoxy groups -OCH3 is 1. The van der Waals surface area contributed by atoms with Crippen molar-refractivity contribution in [2.75, 3.05) is 14.2 Å². The molecule has 0 fully saturated rings. The number of likely N-dealkylation sites (N-methyl/N-ethyl adjacent to an activating group) is 1. The fraction of sp³-hybridized carbons (Fsp3) is 0.562. The lowest BCUT2D eigenvalue weighted by molar-refractivity contribution is -0.140. The number of rotatable bonds is 6. The average molecular weight is 293 g/mol. The summed E-state index contributed by atoms with van der Waals surface area (Å²) in [5.74, 6) is 0.0656. The van der Waals surface area contributed by atoms with Crippen LogP contribution in [0.25, 0.3) is 0 Å². The fourth-order valence-corrected chi connectivity index (χ4v) is 6.42. The van der Waals surface area contributed by atoms with Crippen LogP contribution in [0.5, 0.6) is 0 Å². The maximum absolute atomic E-state index is 12.4. The van der Waals surface area contributed by atoms with Crippen molar-refractivity contribution in [1.82, 2.24) is 4.90 Å². The quantitative estimate of drug-likeness (QED) is 0.754. The molecule has 0 spiro atoms. The zero-order chi connectivity index (χ0) is 15.3.